The molecule has 18 heavy (non-hydrogen) atoms. The smallest absolute Gasteiger partial charge is 0.197 e. The third-order valence-electron chi connectivity index (χ3n) is 2.40. The maximum Gasteiger partial charge on any atom is 0.197 e. The van der Waals surface area contributed by atoms with E-state index < -0.39 is 11.6 Å². The highest BCUT2D eigenvalue weighted by molar-refractivity contribution is 7.71. The molecule has 3 nitrogen and oxygen atoms in total. The summed E-state index contributed by atoms with van der Waals surface area (Å²) in [7, 11) is 1.28. The van der Waals surface area contributed by atoms with Crippen LogP contribution in [0.3, 0.4) is 0 Å². The zero-order valence-electron chi connectivity index (χ0n) is 9.75. The van der Waals surface area contributed by atoms with Gasteiger partial charge in [0.1, 0.15) is 5.82 Å². The van der Waals surface area contributed by atoms with E-state index in [1.165, 1.54) is 7.11 Å². The fourth-order valence-corrected chi connectivity index (χ4v) is 1.86. The summed E-state index contributed by atoms with van der Waals surface area (Å²) in [4.78, 5) is 6.77. The van der Waals surface area contributed by atoms with Crippen molar-refractivity contribution in [2.24, 2.45) is 0 Å². The topological polar surface area (TPSA) is 37.9 Å². The van der Waals surface area contributed by atoms with Gasteiger partial charge >= 0.3 is 0 Å². The van der Waals surface area contributed by atoms with E-state index in [9.17, 15) is 8.78 Å². The van der Waals surface area contributed by atoms with Crippen molar-refractivity contribution >= 4 is 12.2 Å². The van der Waals surface area contributed by atoms with Crippen molar-refractivity contribution in [2.75, 3.05) is 7.11 Å². The molecule has 2 rings (SSSR count). The van der Waals surface area contributed by atoms with E-state index in [1.807, 2.05) is 0 Å². The summed E-state index contributed by atoms with van der Waals surface area (Å²) in [5.41, 5.74) is 1.06. The van der Waals surface area contributed by atoms with Crippen LogP contribution in [0.4, 0.5) is 8.78 Å². The number of aryl methyl sites for hydroxylation is 1. The van der Waals surface area contributed by atoms with Gasteiger partial charge in [0.25, 0.3) is 0 Å². The lowest BCUT2D eigenvalue weighted by Gasteiger charge is -2.07. The van der Waals surface area contributed by atoms with Gasteiger partial charge in [0, 0.05) is 17.3 Å². The van der Waals surface area contributed by atoms with Crippen LogP contribution in [0, 0.1) is 23.3 Å². The molecule has 94 valence electrons. The highest BCUT2D eigenvalue weighted by atomic mass is 32.1. The van der Waals surface area contributed by atoms with Crippen molar-refractivity contribution in [1.82, 2.24) is 9.97 Å². The first-order valence-electron chi connectivity index (χ1n) is 5.12. The van der Waals surface area contributed by atoms with Gasteiger partial charge < -0.3 is 9.72 Å². The van der Waals surface area contributed by atoms with Crippen LogP contribution >= 0.6 is 12.2 Å². The van der Waals surface area contributed by atoms with Gasteiger partial charge in [-0.2, -0.15) is 0 Å². The molecule has 0 aliphatic carbocycles. The van der Waals surface area contributed by atoms with Gasteiger partial charge in [0.2, 0.25) is 0 Å². The number of benzene rings is 1. The fourth-order valence-electron chi connectivity index (χ4n) is 1.60. The molecule has 0 saturated carbocycles. The van der Waals surface area contributed by atoms with Gasteiger partial charge in [0.05, 0.1) is 12.8 Å². The second-order valence-electron chi connectivity index (χ2n) is 3.72. The Kier molecular flexibility index (Phi) is 3.38. The number of nitrogens with zero attached hydrogens (tertiary/aromatic N) is 1. The van der Waals surface area contributed by atoms with Crippen LogP contribution in [0.15, 0.2) is 18.2 Å². The zero-order valence-corrected chi connectivity index (χ0v) is 10.6. The lowest BCUT2D eigenvalue weighted by molar-refractivity contribution is 0.383. The maximum atomic E-state index is 13.8. The number of hydrogen-bond acceptors (Lipinski definition) is 3. The van der Waals surface area contributed by atoms with Crippen molar-refractivity contribution < 1.29 is 13.5 Å². The Balaban J connectivity index is 2.64. The fraction of sp³-hybridized carbons (Fsp3) is 0.167. The highest BCUT2D eigenvalue weighted by Crippen LogP contribution is 2.27. The molecule has 1 aromatic heterocycles. The first-order chi connectivity index (χ1) is 8.51. The number of methoxy groups -OCH3 is 1. The minimum atomic E-state index is -0.646. The van der Waals surface area contributed by atoms with Crippen molar-refractivity contribution in [3.8, 4) is 17.0 Å². The van der Waals surface area contributed by atoms with Crippen LogP contribution in [0.1, 0.15) is 5.69 Å². The Bertz CT molecular complexity index is 655. The summed E-state index contributed by atoms with van der Waals surface area (Å²) < 4.78 is 32.3. The summed E-state index contributed by atoms with van der Waals surface area (Å²) in [6.07, 6.45) is 0. The van der Waals surface area contributed by atoms with Crippen molar-refractivity contribution in [3.63, 3.8) is 0 Å². The molecule has 0 amide bonds. The summed E-state index contributed by atoms with van der Waals surface area (Å²) >= 11 is 4.90. The van der Waals surface area contributed by atoms with Gasteiger partial charge in [0.15, 0.2) is 16.3 Å². The maximum absolute atomic E-state index is 13.8. The number of H-pyrrole nitrogens is 1. The number of halogens is 2. The number of nitrogens with one attached hydrogen (secondary N) is 1. The molecule has 6 heteroatoms. The van der Waals surface area contributed by atoms with Crippen LogP contribution in [0.2, 0.25) is 0 Å². The molecule has 1 heterocycles. The van der Waals surface area contributed by atoms with Crippen LogP contribution in [-0.4, -0.2) is 17.1 Å². The molecular formula is C12H10F2N2OS. The van der Waals surface area contributed by atoms with E-state index in [0.717, 1.165) is 17.8 Å². The first kappa shape index (κ1) is 12.6. The summed E-state index contributed by atoms with van der Waals surface area (Å²) in [5, 5.41) is 0. The molecule has 0 radical (unpaired) electrons. The normalized spacial score (nSPS) is 10.4. The van der Waals surface area contributed by atoms with Crippen LogP contribution in [-0.2, 0) is 0 Å². The molecule has 2 aromatic rings. The van der Waals surface area contributed by atoms with E-state index in [2.05, 4.69) is 9.97 Å². The SMILES string of the molecule is COc1cc(F)c(-c2cc(C)[nH]c(=S)n2)cc1F. The third kappa shape index (κ3) is 2.38. The molecule has 0 aliphatic rings. The molecule has 0 bridgehead atoms. The number of ether oxygens (including phenoxy) is 1. The molecule has 1 N–H and O–H groups in total. The van der Waals surface area contributed by atoms with E-state index in [-0.39, 0.29) is 21.8 Å². The number of aromatic nitrogens is 2. The van der Waals surface area contributed by atoms with Crippen LogP contribution < -0.4 is 4.74 Å². The molecule has 0 aliphatic heterocycles. The number of hydrogen-bond donors (Lipinski definition) is 1. The minimum absolute atomic E-state index is 0.0523. The minimum Gasteiger partial charge on any atom is -0.494 e. The lowest BCUT2D eigenvalue weighted by atomic mass is 10.1. The van der Waals surface area contributed by atoms with Crippen molar-refractivity contribution in [3.05, 3.63) is 40.3 Å². The third-order valence-corrected chi connectivity index (χ3v) is 2.59. The predicted molar refractivity (Wildman–Crippen MR) is 66.1 cm³/mol. The Morgan fingerprint density at radius 2 is 1.94 bits per heavy atom. The van der Waals surface area contributed by atoms with E-state index in [4.69, 9.17) is 17.0 Å². The molecule has 1 aromatic carbocycles. The summed E-state index contributed by atoms with van der Waals surface area (Å²) in [5.74, 6) is -1.40. The molecule has 0 atom stereocenters. The van der Waals surface area contributed by atoms with Gasteiger partial charge in [-0.05, 0) is 31.3 Å². The van der Waals surface area contributed by atoms with Crippen LogP contribution in [0.5, 0.6) is 5.75 Å². The standard InChI is InChI=1S/C12H10F2N2OS/c1-6-3-10(16-12(18)15-6)7-4-9(14)11(17-2)5-8(7)13/h3-5H,1-2H3,(H,15,16,18). The Morgan fingerprint density at radius 1 is 1.22 bits per heavy atom. The van der Waals surface area contributed by atoms with Crippen molar-refractivity contribution in [2.45, 2.75) is 6.92 Å². The zero-order chi connectivity index (χ0) is 13.3. The Morgan fingerprint density at radius 3 is 2.56 bits per heavy atom. The number of aromatic amines is 1. The van der Waals surface area contributed by atoms with Gasteiger partial charge in [-0.15, -0.1) is 0 Å². The number of rotatable bonds is 2. The van der Waals surface area contributed by atoms with E-state index in [0.29, 0.717) is 0 Å². The molecule has 0 fully saturated rings. The molecular weight excluding hydrogens is 258 g/mol. The second-order valence-corrected chi connectivity index (χ2v) is 4.11. The summed E-state index contributed by atoms with van der Waals surface area (Å²) in [6.45, 7) is 1.76. The Hall–Kier alpha value is -1.82. The molecule has 0 unspecified atom stereocenters. The molecule has 0 saturated heterocycles. The van der Waals surface area contributed by atoms with Gasteiger partial charge in [-0.1, -0.05) is 0 Å². The van der Waals surface area contributed by atoms with E-state index >= 15 is 0 Å². The van der Waals surface area contributed by atoms with Gasteiger partial charge in [-0.25, -0.2) is 13.8 Å². The quantitative estimate of drug-likeness (QED) is 0.848. The average molecular weight is 268 g/mol. The highest BCUT2D eigenvalue weighted by Gasteiger charge is 2.13. The second kappa shape index (κ2) is 4.81. The summed E-state index contributed by atoms with van der Waals surface area (Å²) in [6, 6.07) is 3.63. The van der Waals surface area contributed by atoms with Gasteiger partial charge in [-0.3, -0.25) is 0 Å². The van der Waals surface area contributed by atoms with Crippen LogP contribution in [0.25, 0.3) is 11.3 Å². The lowest BCUT2D eigenvalue weighted by Crippen LogP contribution is -1.96. The monoisotopic (exact) mass is 268 g/mol. The first-order valence-corrected chi connectivity index (χ1v) is 5.53. The van der Waals surface area contributed by atoms with Crippen molar-refractivity contribution in [1.29, 1.82) is 0 Å². The molecule has 0 spiro atoms. The largest absolute Gasteiger partial charge is 0.494 e. The Labute approximate surface area is 107 Å². The van der Waals surface area contributed by atoms with E-state index in [1.54, 1.807) is 13.0 Å². The average Bonchev–Trinajstić information content (AvgIpc) is 2.30. The predicted octanol–water partition coefficient (Wildman–Crippen LogP) is 3.40.